The number of piperidine rings is 1. The number of β-amino-alcohol motifs (C(OH)–C–C–N with tert-alkyl or cyclic N) is 1. The van der Waals surface area contributed by atoms with Gasteiger partial charge in [0.05, 0.1) is 11.7 Å². The molecule has 0 bridgehead atoms. The van der Waals surface area contributed by atoms with Crippen molar-refractivity contribution in [3.63, 3.8) is 0 Å². The number of likely N-dealkylation sites (tertiary alicyclic amines) is 1. The van der Waals surface area contributed by atoms with Crippen molar-refractivity contribution in [1.29, 1.82) is 0 Å². The molecule has 1 heterocycles. The molecule has 2 unspecified atom stereocenters. The van der Waals surface area contributed by atoms with E-state index in [9.17, 15) is 5.11 Å². The van der Waals surface area contributed by atoms with E-state index in [2.05, 4.69) is 11.8 Å². The summed E-state index contributed by atoms with van der Waals surface area (Å²) < 4.78 is 5.59. The topological polar surface area (TPSA) is 58.7 Å². The van der Waals surface area contributed by atoms with Gasteiger partial charge in [0.25, 0.3) is 0 Å². The van der Waals surface area contributed by atoms with E-state index in [1.54, 1.807) is 7.11 Å². The predicted octanol–water partition coefficient (Wildman–Crippen LogP) is 1.68. The van der Waals surface area contributed by atoms with Gasteiger partial charge in [-0.1, -0.05) is 24.3 Å². The molecule has 0 radical (unpaired) electrons. The Balaban J connectivity index is 1.94. The minimum Gasteiger partial charge on any atom is -0.387 e. The molecule has 4 heteroatoms. The number of rotatable bonds is 5. The Bertz CT molecular complexity index is 421. The molecule has 1 aromatic rings. The van der Waals surface area contributed by atoms with Gasteiger partial charge in [-0.15, -0.1) is 0 Å². The van der Waals surface area contributed by atoms with Crippen molar-refractivity contribution in [2.75, 3.05) is 26.7 Å². The highest BCUT2D eigenvalue weighted by Gasteiger charge is 2.31. The minimum atomic E-state index is -0.457. The second-order valence-electron chi connectivity index (χ2n) is 5.95. The van der Waals surface area contributed by atoms with Crippen LogP contribution >= 0.6 is 0 Å². The van der Waals surface area contributed by atoms with Crippen LogP contribution in [0, 0.1) is 0 Å². The predicted molar refractivity (Wildman–Crippen MR) is 80.4 cm³/mol. The number of aliphatic hydroxyl groups is 1. The van der Waals surface area contributed by atoms with Crippen LogP contribution < -0.4 is 5.73 Å². The normalized spacial score (nSPS) is 25.6. The fourth-order valence-electron chi connectivity index (χ4n) is 2.86. The molecular formula is C16H26N2O2. The standard InChI is InChI=1S/C16H26N2O2/c1-16(20-2)8-3-9-18(12-16)11-15(19)14-6-4-13(10-17)5-7-14/h4-7,15,19H,3,8-12,17H2,1-2H3. The fraction of sp³-hybridized carbons (Fsp3) is 0.625. The summed E-state index contributed by atoms with van der Waals surface area (Å²) in [6.07, 6.45) is 1.74. The molecule has 1 saturated heterocycles. The molecule has 0 aliphatic carbocycles. The van der Waals surface area contributed by atoms with Gasteiger partial charge in [-0.3, -0.25) is 4.90 Å². The van der Waals surface area contributed by atoms with Gasteiger partial charge in [-0.2, -0.15) is 0 Å². The van der Waals surface area contributed by atoms with Crippen LogP contribution in [0.5, 0.6) is 0 Å². The number of hydrogen-bond donors (Lipinski definition) is 2. The zero-order valence-corrected chi connectivity index (χ0v) is 12.5. The van der Waals surface area contributed by atoms with Crippen LogP contribution in [-0.2, 0) is 11.3 Å². The van der Waals surface area contributed by atoms with E-state index in [4.69, 9.17) is 10.5 Å². The number of ether oxygens (including phenoxy) is 1. The number of benzene rings is 1. The summed E-state index contributed by atoms with van der Waals surface area (Å²) >= 11 is 0. The first kappa shape index (κ1) is 15.4. The van der Waals surface area contributed by atoms with Crippen LogP contribution in [0.4, 0.5) is 0 Å². The summed E-state index contributed by atoms with van der Waals surface area (Å²) in [6.45, 7) is 5.23. The quantitative estimate of drug-likeness (QED) is 0.860. The average molecular weight is 278 g/mol. The Labute approximate surface area is 121 Å². The fourth-order valence-corrected chi connectivity index (χ4v) is 2.86. The van der Waals surface area contributed by atoms with Gasteiger partial charge in [0.15, 0.2) is 0 Å². The second kappa shape index (κ2) is 6.68. The van der Waals surface area contributed by atoms with Crippen LogP contribution in [0.25, 0.3) is 0 Å². The highest BCUT2D eigenvalue weighted by molar-refractivity contribution is 5.24. The molecule has 2 rings (SSSR count). The van der Waals surface area contributed by atoms with Gasteiger partial charge in [0.1, 0.15) is 0 Å². The van der Waals surface area contributed by atoms with E-state index in [1.807, 2.05) is 24.3 Å². The lowest BCUT2D eigenvalue weighted by atomic mass is 9.94. The number of hydrogen-bond acceptors (Lipinski definition) is 4. The Kier molecular flexibility index (Phi) is 5.16. The van der Waals surface area contributed by atoms with Crippen LogP contribution in [0.1, 0.15) is 37.0 Å². The lowest BCUT2D eigenvalue weighted by Crippen LogP contribution is -2.48. The maximum Gasteiger partial charge on any atom is 0.0916 e. The summed E-state index contributed by atoms with van der Waals surface area (Å²) in [4.78, 5) is 2.29. The van der Waals surface area contributed by atoms with Crippen LogP contribution in [-0.4, -0.2) is 42.4 Å². The Morgan fingerprint density at radius 2 is 2.10 bits per heavy atom. The van der Waals surface area contributed by atoms with Gasteiger partial charge in [0.2, 0.25) is 0 Å². The molecule has 20 heavy (non-hydrogen) atoms. The van der Waals surface area contributed by atoms with Crippen molar-refractivity contribution in [2.45, 2.75) is 38.0 Å². The zero-order valence-electron chi connectivity index (χ0n) is 12.5. The molecule has 112 valence electrons. The Morgan fingerprint density at radius 3 is 2.70 bits per heavy atom. The molecule has 1 aliphatic heterocycles. The summed E-state index contributed by atoms with van der Waals surface area (Å²) in [7, 11) is 1.77. The first-order chi connectivity index (χ1) is 9.56. The van der Waals surface area contributed by atoms with Crippen LogP contribution in [0.3, 0.4) is 0 Å². The SMILES string of the molecule is COC1(C)CCCN(CC(O)c2ccc(CN)cc2)C1. The lowest BCUT2D eigenvalue weighted by Gasteiger charge is -2.40. The van der Waals surface area contributed by atoms with E-state index < -0.39 is 6.10 Å². The maximum atomic E-state index is 10.4. The third-order valence-electron chi connectivity index (χ3n) is 4.26. The van der Waals surface area contributed by atoms with E-state index in [-0.39, 0.29) is 5.60 Å². The first-order valence-electron chi connectivity index (χ1n) is 7.31. The van der Waals surface area contributed by atoms with Crippen molar-refractivity contribution in [1.82, 2.24) is 4.90 Å². The molecule has 0 spiro atoms. The third-order valence-corrected chi connectivity index (χ3v) is 4.26. The van der Waals surface area contributed by atoms with E-state index in [1.165, 1.54) is 0 Å². The van der Waals surface area contributed by atoms with Gasteiger partial charge in [0, 0.05) is 26.7 Å². The van der Waals surface area contributed by atoms with Gasteiger partial charge >= 0.3 is 0 Å². The summed E-state index contributed by atoms with van der Waals surface area (Å²) in [5.74, 6) is 0. The van der Waals surface area contributed by atoms with Crippen molar-refractivity contribution < 1.29 is 9.84 Å². The van der Waals surface area contributed by atoms with E-state index >= 15 is 0 Å². The van der Waals surface area contributed by atoms with Crippen molar-refractivity contribution in [2.24, 2.45) is 5.73 Å². The molecule has 1 fully saturated rings. The van der Waals surface area contributed by atoms with Crippen LogP contribution in [0.15, 0.2) is 24.3 Å². The smallest absolute Gasteiger partial charge is 0.0916 e. The summed E-state index contributed by atoms with van der Waals surface area (Å²) in [6, 6.07) is 7.89. The summed E-state index contributed by atoms with van der Waals surface area (Å²) in [5, 5.41) is 10.4. The van der Waals surface area contributed by atoms with Gasteiger partial charge < -0.3 is 15.6 Å². The monoisotopic (exact) mass is 278 g/mol. The Hall–Kier alpha value is -0.940. The minimum absolute atomic E-state index is 0.0820. The molecule has 2 atom stereocenters. The van der Waals surface area contributed by atoms with E-state index in [0.717, 1.165) is 37.1 Å². The average Bonchev–Trinajstić information content (AvgIpc) is 2.47. The molecule has 4 nitrogen and oxygen atoms in total. The van der Waals surface area contributed by atoms with Gasteiger partial charge in [-0.05, 0) is 37.4 Å². The third kappa shape index (κ3) is 3.79. The number of nitrogens with two attached hydrogens (primary N) is 1. The number of nitrogens with zero attached hydrogens (tertiary/aromatic N) is 1. The number of aliphatic hydroxyl groups excluding tert-OH is 1. The van der Waals surface area contributed by atoms with E-state index in [0.29, 0.717) is 13.1 Å². The van der Waals surface area contributed by atoms with Crippen molar-refractivity contribution in [3.8, 4) is 0 Å². The second-order valence-corrected chi connectivity index (χ2v) is 5.95. The largest absolute Gasteiger partial charge is 0.387 e. The highest BCUT2D eigenvalue weighted by atomic mass is 16.5. The van der Waals surface area contributed by atoms with Crippen LogP contribution in [0.2, 0.25) is 0 Å². The number of methoxy groups -OCH3 is 1. The molecule has 0 aromatic heterocycles. The summed E-state index contributed by atoms with van der Waals surface area (Å²) in [5.41, 5.74) is 7.54. The lowest BCUT2D eigenvalue weighted by molar-refractivity contribution is -0.0586. The molecule has 3 N–H and O–H groups in total. The first-order valence-corrected chi connectivity index (χ1v) is 7.31. The zero-order chi connectivity index (χ0) is 14.6. The molecular weight excluding hydrogens is 252 g/mol. The maximum absolute atomic E-state index is 10.4. The molecule has 0 amide bonds. The van der Waals surface area contributed by atoms with Crippen molar-refractivity contribution in [3.05, 3.63) is 35.4 Å². The Morgan fingerprint density at radius 1 is 1.40 bits per heavy atom. The van der Waals surface area contributed by atoms with Gasteiger partial charge in [-0.25, -0.2) is 0 Å². The molecule has 0 saturated carbocycles. The molecule has 1 aromatic carbocycles. The molecule has 1 aliphatic rings. The van der Waals surface area contributed by atoms with Crippen molar-refractivity contribution >= 4 is 0 Å². The highest BCUT2D eigenvalue weighted by Crippen LogP contribution is 2.25.